The number of oxime groups is 1. The molecule has 1 aromatic carbocycles. The van der Waals surface area contributed by atoms with Crippen LogP contribution in [-0.4, -0.2) is 29.0 Å². The fourth-order valence-electron chi connectivity index (χ4n) is 1.01. The second-order valence-electron chi connectivity index (χ2n) is 2.54. The molecule has 1 aromatic rings. The van der Waals surface area contributed by atoms with Crippen molar-refractivity contribution >= 4 is 11.6 Å². The van der Waals surface area contributed by atoms with Crippen molar-refractivity contribution < 1.29 is 15.1 Å². The average Bonchev–Trinajstić information content (AvgIpc) is 2.21. The lowest BCUT2D eigenvalue weighted by Gasteiger charge is -2.04. The van der Waals surface area contributed by atoms with Gasteiger partial charge in [0, 0.05) is 7.05 Å². The third-order valence-corrected chi connectivity index (χ3v) is 1.70. The van der Waals surface area contributed by atoms with Crippen molar-refractivity contribution in [3.8, 4) is 5.75 Å². The van der Waals surface area contributed by atoms with Crippen molar-refractivity contribution in [2.75, 3.05) is 7.05 Å². The fourth-order valence-corrected chi connectivity index (χ4v) is 1.01. The summed E-state index contributed by atoms with van der Waals surface area (Å²) in [5, 5.41) is 23.1. The van der Waals surface area contributed by atoms with Gasteiger partial charge in [-0.25, -0.2) is 0 Å². The summed E-state index contributed by atoms with van der Waals surface area (Å²) in [6, 6.07) is 6.13. The first-order valence-corrected chi connectivity index (χ1v) is 3.93. The molecule has 5 heteroatoms. The van der Waals surface area contributed by atoms with Gasteiger partial charge in [0.15, 0.2) is 5.71 Å². The van der Waals surface area contributed by atoms with E-state index in [4.69, 9.17) is 5.21 Å². The molecule has 0 aliphatic rings. The quantitative estimate of drug-likeness (QED) is 0.360. The van der Waals surface area contributed by atoms with Crippen LogP contribution in [0.25, 0.3) is 0 Å². The van der Waals surface area contributed by atoms with E-state index in [1.54, 1.807) is 12.1 Å². The Hall–Kier alpha value is -2.04. The third-order valence-electron chi connectivity index (χ3n) is 1.70. The molecule has 0 heterocycles. The van der Waals surface area contributed by atoms with Gasteiger partial charge < -0.3 is 15.6 Å². The Kier molecular flexibility index (Phi) is 3.06. The molecular weight excluding hydrogens is 184 g/mol. The molecule has 0 saturated carbocycles. The predicted molar refractivity (Wildman–Crippen MR) is 50.5 cm³/mol. The van der Waals surface area contributed by atoms with Crippen molar-refractivity contribution in [3.63, 3.8) is 0 Å². The minimum Gasteiger partial charge on any atom is -0.507 e. The van der Waals surface area contributed by atoms with Gasteiger partial charge in [-0.15, -0.1) is 0 Å². The third kappa shape index (κ3) is 1.82. The SMILES string of the molecule is CNC(=O)/C(=N\O)c1ccccc1O. The lowest BCUT2D eigenvalue weighted by Crippen LogP contribution is -2.28. The molecule has 74 valence electrons. The maximum absolute atomic E-state index is 11.2. The van der Waals surface area contributed by atoms with E-state index in [-0.39, 0.29) is 17.0 Å². The molecule has 1 rings (SSSR count). The Bertz CT molecular complexity index is 374. The summed E-state index contributed by atoms with van der Waals surface area (Å²) >= 11 is 0. The molecule has 0 aromatic heterocycles. The van der Waals surface area contributed by atoms with E-state index in [1.807, 2.05) is 0 Å². The Morgan fingerprint density at radius 1 is 1.43 bits per heavy atom. The standard InChI is InChI=1S/C9H10N2O3/c1-10-9(13)8(11-14)6-4-2-3-5-7(6)12/h2-5,12,14H,1H3,(H,10,13)/b11-8-. The van der Waals surface area contributed by atoms with E-state index in [0.29, 0.717) is 0 Å². The lowest BCUT2D eigenvalue weighted by atomic mass is 10.1. The van der Waals surface area contributed by atoms with Gasteiger partial charge in [0.05, 0.1) is 5.56 Å². The molecule has 0 spiro atoms. The zero-order chi connectivity index (χ0) is 10.6. The van der Waals surface area contributed by atoms with Crippen molar-refractivity contribution in [2.24, 2.45) is 5.16 Å². The van der Waals surface area contributed by atoms with Gasteiger partial charge in [0.1, 0.15) is 5.75 Å². The number of nitrogens with zero attached hydrogens (tertiary/aromatic N) is 1. The number of phenols is 1. The van der Waals surface area contributed by atoms with E-state index < -0.39 is 5.91 Å². The first kappa shape index (κ1) is 10.0. The second-order valence-corrected chi connectivity index (χ2v) is 2.54. The smallest absolute Gasteiger partial charge is 0.273 e. The van der Waals surface area contributed by atoms with Gasteiger partial charge in [-0.3, -0.25) is 4.79 Å². The predicted octanol–water partition coefficient (Wildman–Crippen LogP) is 0.316. The minimum absolute atomic E-state index is 0.107. The van der Waals surface area contributed by atoms with Crippen molar-refractivity contribution in [1.82, 2.24) is 5.32 Å². The number of phenolic OH excluding ortho intramolecular Hbond substituents is 1. The summed E-state index contributed by atoms with van der Waals surface area (Å²) in [5.74, 6) is -0.669. The van der Waals surface area contributed by atoms with E-state index >= 15 is 0 Å². The molecule has 3 N–H and O–H groups in total. The Morgan fingerprint density at radius 3 is 2.57 bits per heavy atom. The zero-order valence-electron chi connectivity index (χ0n) is 7.56. The van der Waals surface area contributed by atoms with Crippen LogP contribution in [0.5, 0.6) is 5.75 Å². The number of para-hydroxylation sites is 1. The van der Waals surface area contributed by atoms with Crippen LogP contribution in [0.1, 0.15) is 5.56 Å². The Morgan fingerprint density at radius 2 is 2.07 bits per heavy atom. The monoisotopic (exact) mass is 194 g/mol. The average molecular weight is 194 g/mol. The highest BCUT2D eigenvalue weighted by atomic mass is 16.4. The highest BCUT2D eigenvalue weighted by Crippen LogP contribution is 2.16. The second kappa shape index (κ2) is 4.27. The van der Waals surface area contributed by atoms with Gasteiger partial charge in [-0.1, -0.05) is 17.3 Å². The van der Waals surface area contributed by atoms with Gasteiger partial charge in [0.2, 0.25) is 0 Å². The molecule has 0 aliphatic heterocycles. The summed E-state index contributed by atoms with van der Waals surface area (Å²) in [6.07, 6.45) is 0. The molecule has 14 heavy (non-hydrogen) atoms. The van der Waals surface area contributed by atoms with Crippen LogP contribution in [-0.2, 0) is 4.79 Å². The molecule has 0 fully saturated rings. The summed E-state index contributed by atoms with van der Waals surface area (Å²) < 4.78 is 0. The minimum atomic E-state index is -0.561. The number of hydrogen-bond donors (Lipinski definition) is 3. The van der Waals surface area contributed by atoms with Crippen LogP contribution in [0.2, 0.25) is 0 Å². The molecular formula is C9H10N2O3. The number of likely N-dealkylation sites (N-methyl/N-ethyl adjacent to an activating group) is 1. The molecule has 0 saturated heterocycles. The van der Waals surface area contributed by atoms with Crippen LogP contribution in [0, 0.1) is 0 Å². The number of amides is 1. The maximum Gasteiger partial charge on any atom is 0.273 e. The Labute approximate surface area is 80.7 Å². The van der Waals surface area contributed by atoms with Crippen LogP contribution < -0.4 is 5.32 Å². The van der Waals surface area contributed by atoms with Gasteiger partial charge in [-0.05, 0) is 12.1 Å². The number of hydrogen-bond acceptors (Lipinski definition) is 4. The maximum atomic E-state index is 11.2. The normalized spacial score (nSPS) is 11.1. The fraction of sp³-hybridized carbons (Fsp3) is 0.111. The van der Waals surface area contributed by atoms with Crippen LogP contribution in [0.15, 0.2) is 29.4 Å². The summed E-state index contributed by atoms with van der Waals surface area (Å²) in [5.41, 5.74) is -0.0278. The van der Waals surface area contributed by atoms with Crippen molar-refractivity contribution in [2.45, 2.75) is 0 Å². The lowest BCUT2D eigenvalue weighted by molar-refractivity contribution is -0.114. The number of carbonyl (C=O) groups excluding carboxylic acids is 1. The molecule has 0 radical (unpaired) electrons. The summed E-state index contributed by atoms with van der Waals surface area (Å²) in [7, 11) is 1.41. The molecule has 1 amide bonds. The number of benzene rings is 1. The van der Waals surface area contributed by atoms with E-state index in [1.165, 1.54) is 19.2 Å². The van der Waals surface area contributed by atoms with Crippen molar-refractivity contribution in [3.05, 3.63) is 29.8 Å². The van der Waals surface area contributed by atoms with Crippen molar-refractivity contribution in [1.29, 1.82) is 0 Å². The molecule has 0 unspecified atom stereocenters. The van der Waals surface area contributed by atoms with E-state index in [9.17, 15) is 9.90 Å². The van der Waals surface area contributed by atoms with Gasteiger partial charge in [0.25, 0.3) is 5.91 Å². The number of carbonyl (C=O) groups is 1. The summed E-state index contributed by atoms with van der Waals surface area (Å²) in [6.45, 7) is 0. The topological polar surface area (TPSA) is 81.9 Å². The van der Waals surface area contributed by atoms with Crippen LogP contribution in [0.4, 0.5) is 0 Å². The number of aromatic hydroxyl groups is 1. The summed E-state index contributed by atoms with van der Waals surface area (Å²) in [4.78, 5) is 11.2. The molecule has 5 nitrogen and oxygen atoms in total. The molecule has 0 bridgehead atoms. The molecule has 0 atom stereocenters. The highest BCUT2D eigenvalue weighted by molar-refractivity contribution is 6.45. The van der Waals surface area contributed by atoms with Crippen LogP contribution >= 0.6 is 0 Å². The molecule has 0 aliphatic carbocycles. The van der Waals surface area contributed by atoms with Gasteiger partial charge >= 0.3 is 0 Å². The highest BCUT2D eigenvalue weighted by Gasteiger charge is 2.15. The van der Waals surface area contributed by atoms with E-state index in [2.05, 4.69) is 10.5 Å². The van der Waals surface area contributed by atoms with Crippen LogP contribution in [0.3, 0.4) is 0 Å². The zero-order valence-corrected chi connectivity index (χ0v) is 7.56. The largest absolute Gasteiger partial charge is 0.507 e. The first-order chi connectivity index (χ1) is 6.70. The van der Waals surface area contributed by atoms with Gasteiger partial charge in [-0.2, -0.15) is 0 Å². The van der Waals surface area contributed by atoms with E-state index in [0.717, 1.165) is 0 Å². The number of nitrogens with one attached hydrogen (secondary N) is 1. The first-order valence-electron chi connectivity index (χ1n) is 3.93. The number of rotatable bonds is 2. The Balaban J connectivity index is 3.15.